The highest BCUT2D eigenvalue weighted by Crippen LogP contribution is 2.20. The molecular formula is C14H11N3. The second kappa shape index (κ2) is 3.87. The predicted molar refractivity (Wildman–Crippen MR) is 68.5 cm³/mol. The van der Waals surface area contributed by atoms with Crippen molar-refractivity contribution in [3.8, 4) is 11.1 Å². The van der Waals surface area contributed by atoms with Crippen molar-refractivity contribution in [2.75, 3.05) is 0 Å². The molecule has 0 amide bonds. The van der Waals surface area contributed by atoms with Gasteiger partial charge in [0.05, 0.1) is 11.7 Å². The molecule has 0 bridgehead atoms. The number of hydrogen-bond donors (Lipinski definition) is 0. The molecule has 0 spiro atoms. The van der Waals surface area contributed by atoms with E-state index in [0.717, 1.165) is 22.2 Å². The normalized spacial score (nSPS) is 10.6. The van der Waals surface area contributed by atoms with E-state index in [4.69, 9.17) is 0 Å². The highest BCUT2D eigenvalue weighted by Gasteiger charge is 2.02. The molecular weight excluding hydrogens is 210 g/mol. The lowest BCUT2D eigenvalue weighted by molar-refractivity contribution is 0.963. The molecule has 0 saturated heterocycles. The fourth-order valence-electron chi connectivity index (χ4n) is 1.88. The summed E-state index contributed by atoms with van der Waals surface area (Å²) in [6.45, 7) is 3.77. The molecule has 0 aliphatic heterocycles. The number of nitrogens with zero attached hydrogens (tertiary/aromatic N) is 3. The van der Waals surface area contributed by atoms with E-state index < -0.39 is 0 Å². The first-order valence-corrected chi connectivity index (χ1v) is 5.39. The van der Waals surface area contributed by atoms with Gasteiger partial charge in [-0.25, -0.2) is 4.52 Å². The van der Waals surface area contributed by atoms with Gasteiger partial charge in [-0.05, 0) is 23.8 Å². The second-order valence-electron chi connectivity index (χ2n) is 3.79. The average Bonchev–Trinajstić information content (AvgIpc) is 2.81. The molecule has 3 aromatic heterocycles. The van der Waals surface area contributed by atoms with Crippen molar-refractivity contribution in [3.63, 3.8) is 0 Å². The summed E-state index contributed by atoms with van der Waals surface area (Å²) in [5, 5.41) is 4.31. The van der Waals surface area contributed by atoms with E-state index in [1.54, 1.807) is 12.4 Å². The maximum Gasteiger partial charge on any atom is 0.0734 e. The van der Waals surface area contributed by atoms with Crippen LogP contribution >= 0.6 is 0 Å². The third-order valence-corrected chi connectivity index (χ3v) is 2.78. The zero-order valence-corrected chi connectivity index (χ0v) is 9.24. The summed E-state index contributed by atoms with van der Waals surface area (Å²) in [6.07, 6.45) is 9.22. The average molecular weight is 221 g/mol. The molecule has 0 aliphatic carbocycles. The van der Waals surface area contributed by atoms with E-state index in [-0.39, 0.29) is 0 Å². The molecule has 0 atom stereocenters. The van der Waals surface area contributed by atoms with Crippen LogP contribution in [-0.4, -0.2) is 14.6 Å². The van der Waals surface area contributed by atoms with Crippen molar-refractivity contribution in [2.24, 2.45) is 0 Å². The zero-order chi connectivity index (χ0) is 11.7. The van der Waals surface area contributed by atoms with Crippen molar-refractivity contribution >= 4 is 11.6 Å². The first kappa shape index (κ1) is 9.78. The molecule has 3 rings (SSSR count). The van der Waals surface area contributed by atoms with Crippen LogP contribution in [-0.2, 0) is 0 Å². The predicted octanol–water partition coefficient (Wildman–Crippen LogP) is 3.04. The van der Waals surface area contributed by atoms with Crippen molar-refractivity contribution < 1.29 is 0 Å². The molecule has 17 heavy (non-hydrogen) atoms. The SMILES string of the molecule is C=Cc1cnn2cc(-c3ccncc3)ccc12. The summed E-state index contributed by atoms with van der Waals surface area (Å²) in [5.74, 6) is 0. The number of fused-ring (bicyclic) bond motifs is 1. The molecule has 0 N–H and O–H groups in total. The first-order valence-electron chi connectivity index (χ1n) is 5.39. The van der Waals surface area contributed by atoms with Crippen molar-refractivity contribution in [3.05, 3.63) is 61.2 Å². The zero-order valence-electron chi connectivity index (χ0n) is 9.24. The summed E-state index contributed by atoms with van der Waals surface area (Å²) in [4.78, 5) is 4.01. The molecule has 82 valence electrons. The van der Waals surface area contributed by atoms with Gasteiger partial charge in [-0.3, -0.25) is 4.98 Å². The summed E-state index contributed by atoms with van der Waals surface area (Å²) in [6, 6.07) is 8.11. The minimum absolute atomic E-state index is 1.05. The van der Waals surface area contributed by atoms with E-state index in [9.17, 15) is 0 Å². The molecule has 0 radical (unpaired) electrons. The van der Waals surface area contributed by atoms with Crippen molar-refractivity contribution in [2.45, 2.75) is 0 Å². The lowest BCUT2D eigenvalue weighted by Crippen LogP contribution is -1.88. The van der Waals surface area contributed by atoms with E-state index in [0.29, 0.717) is 0 Å². The molecule has 0 unspecified atom stereocenters. The second-order valence-corrected chi connectivity index (χ2v) is 3.79. The molecule has 0 aromatic carbocycles. The minimum Gasteiger partial charge on any atom is -0.265 e. The Hall–Kier alpha value is -2.42. The van der Waals surface area contributed by atoms with Crippen LogP contribution in [0.3, 0.4) is 0 Å². The number of pyridine rings is 2. The standard InChI is InChI=1S/C14H11N3/c1-2-11-9-16-17-10-13(3-4-14(11)17)12-5-7-15-8-6-12/h2-10H,1H2. The van der Waals surface area contributed by atoms with Crippen LogP contribution in [0.2, 0.25) is 0 Å². The Morgan fingerprint density at radius 2 is 1.88 bits per heavy atom. The van der Waals surface area contributed by atoms with Gasteiger partial charge in [-0.15, -0.1) is 0 Å². The Kier molecular flexibility index (Phi) is 2.22. The van der Waals surface area contributed by atoms with Gasteiger partial charge >= 0.3 is 0 Å². The third-order valence-electron chi connectivity index (χ3n) is 2.78. The van der Waals surface area contributed by atoms with Crippen LogP contribution in [0, 0.1) is 0 Å². The molecule has 3 heteroatoms. The fourth-order valence-corrected chi connectivity index (χ4v) is 1.88. The molecule has 3 nitrogen and oxygen atoms in total. The van der Waals surface area contributed by atoms with Crippen molar-refractivity contribution in [1.82, 2.24) is 14.6 Å². The van der Waals surface area contributed by atoms with E-state index in [2.05, 4.69) is 28.8 Å². The van der Waals surface area contributed by atoms with Gasteiger partial charge in [0, 0.05) is 29.7 Å². The van der Waals surface area contributed by atoms with E-state index in [1.165, 1.54) is 0 Å². The third kappa shape index (κ3) is 1.61. The van der Waals surface area contributed by atoms with Gasteiger partial charge in [0.25, 0.3) is 0 Å². The maximum absolute atomic E-state index is 4.31. The first-order chi connectivity index (χ1) is 8.38. The summed E-state index contributed by atoms with van der Waals surface area (Å²) < 4.78 is 1.87. The Balaban J connectivity index is 2.18. The van der Waals surface area contributed by atoms with Gasteiger partial charge < -0.3 is 0 Å². The van der Waals surface area contributed by atoms with Gasteiger partial charge in [0.2, 0.25) is 0 Å². The molecule has 3 heterocycles. The number of hydrogen-bond acceptors (Lipinski definition) is 2. The van der Waals surface area contributed by atoms with Crippen molar-refractivity contribution in [1.29, 1.82) is 0 Å². The van der Waals surface area contributed by atoms with Crippen LogP contribution in [0.5, 0.6) is 0 Å². The number of aromatic nitrogens is 3. The summed E-state index contributed by atoms with van der Waals surface area (Å²) in [5.41, 5.74) is 4.38. The lowest BCUT2D eigenvalue weighted by Gasteiger charge is -2.02. The monoisotopic (exact) mass is 221 g/mol. The lowest BCUT2D eigenvalue weighted by atomic mass is 10.1. The summed E-state index contributed by atoms with van der Waals surface area (Å²) in [7, 11) is 0. The Morgan fingerprint density at radius 3 is 2.65 bits per heavy atom. The van der Waals surface area contributed by atoms with Gasteiger partial charge in [0.15, 0.2) is 0 Å². The Morgan fingerprint density at radius 1 is 1.06 bits per heavy atom. The highest BCUT2D eigenvalue weighted by atomic mass is 15.2. The van der Waals surface area contributed by atoms with Crippen LogP contribution in [0.4, 0.5) is 0 Å². The van der Waals surface area contributed by atoms with E-state index in [1.807, 2.05) is 35.1 Å². The molecule has 3 aromatic rings. The van der Waals surface area contributed by atoms with Crippen LogP contribution in [0.1, 0.15) is 5.56 Å². The van der Waals surface area contributed by atoms with Crippen LogP contribution < -0.4 is 0 Å². The molecule has 0 aliphatic rings. The largest absolute Gasteiger partial charge is 0.265 e. The van der Waals surface area contributed by atoms with Crippen LogP contribution in [0.25, 0.3) is 22.7 Å². The Bertz CT molecular complexity index is 668. The quantitative estimate of drug-likeness (QED) is 0.665. The van der Waals surface area contributed by atoms with Gasteiger partial charge in [-0.1, -0.05) is 18.7 Å². The van der Waals surface area contributed by atoms with Crippen LogP contribution in [0.15, 0.2) is 55.6 Å². The summed E-state index contributed by atoms with van der Waals surface area (Å²) >= 11 is 0. The fraction of sp³-hybridized carbons (Fsp3) is 0. The molecule has 0 saturated carbocycles. The number of rotatable bonds is 2. The molecule has 0 fully saturated rings. The van der Waals surface area contributed by atoms with E-state index >= 15 is 0 Å². The van der Waals surface area contributed by atoms with Gasteiger partial charge in [-0.2, -0.15) is 5.10 Å². The highest BCUT2D eigenvalue weighted by molar-refractivity contribution is 5.71. The minimum atomic E-state index is 1.05. The van der Waals surface area contributed by atoms with Gasteiger partial charge in [0.1, 0.15) is 0 Å². The maximum atomic E-state index is 4.31. The smallest absolute Gasteiger partial charge is 0.0734 e. The Labute approximate surface area is 99.1 Å². The topological polar surface area (TPSA) is 30.2 Å².